The minimum Gasteiger partial charge on any atom is -0.351 e. The van der Waals surface area contributed by atoms with Gasteiger partial charge in [0.25, 0.3) is 5.91 Å². The Morgan fingerprint density at radius 2 is 1.91 bits per heavy atom. The lowest BCUT2D eigenvalue weighted by Crippen LogP contribution is -2.46. The van der Waals surface area contributed by atoms with Gasteiger partial charge in [0.15, 0.2) is 9.84 Å². The Hall–Kier alpha value is -1.15. The van der Waals surface area contributed by atoms with Gasteiger partial charge in [0.1, 0.15) is 0 Å². The summed E-state index contributed by atoms with van der Waals surface area (Å²) in [5.41, 5.74) is 0.209. The lowest BCUT2D eigenvalue weighted by Gasteiger charge is -2.27. The minimum atomic E-state index is -3.40. The van der Waals surface area contributed by atoms with Crippen molar-refractivity contribution in [1.29, 1.82) is 0 Å². The average molecular weight is 348 g/mol. The van der Waals surface area contributed by atoms with E-state index in [2.05, 4.69) is 15.5 Å². The van der Waals surface area contributed by atoms with Gasteiger partial charge >= 0.3 is 0 Å². The number of nitrogens with one attached hydrogen (secondary N) is 2. The number of hydrogen-bond acceptors (Lipinski definition) is 5. The Bertz CT molecular complexity index is 601. The van der Waals surface area contributed by atoms with E-state index in [4.69, 9.17) is 0 Å². The number of sulfone groups is 1. The number of rotatable bonds is 5. The molecule has 0 saturated carbocycles. The van der Waals surface area contributed by atoms with Crippen molar-refractivity contribution in [3.05, 3.63) is 29.8 Å². The van der Waals surface area contributed by atoms with Gasteiger partial charge in [-0.25, -0.2) is 8.42 Å². The topological polar surface area (TPSA) is 78.5 Å². The lowest BCUT2D eigenvalue weighted by molar-refractivity contribution is 0.0944. The molecule has 1 saturated heterocycles. The van der Waals surface area contributed by atoms with Gasteiger partial charge in [-0.05, 0) is 12.1 Å². The fourth-order valence-corrected chi connectivity index (χ4v) is 3.22. The van der Waals surface area contributed by atoms with E-state index in [1.807, 2.05) is 0 Å². The summed E-state index contributed by atoms with van der Waals surface area (Å²) in [7, 11) is -3.40. The first-order chi connectivity index (χ1) is 9.98. The number of piperazine rings is 1. The molecule has 1 aliphatic heterocycles. The number of carbonyl (C=O) groups excluding carboxylic acids is 1. The van der Waals surface area contributed by atoms with Gasteiger partial charge in [-0.1, -0.05) is 12.1 Å². The van der Waals surface area contributed by atoms with Crippen molar-refractivity contribution in [3.8, 4) is 0 Å². The zero-order chi connectivity index (χ0) is 15.3. The van der Waals surface area contributed by atoms with Gasteiger partial charge in [-0.3, -0.25) is 9.69 Å². The number of benzene rings is 1. The summed E-state index contributed by atoms with van der Waals surface area (Å²) < 4.78 is 23.4. The highest BCUT2D eigenvalue weighted by Gasteiger charge is 2.18. The van der Waals surface area contributed by atoms with Gasteiger partial charge in [-0.15, -0.1) is 12.4 Å². The lowest BCUT2D eigenvalue weighted by atomic mass is 10.2. The van der Waals surface area contributed by atoms with Crippen molar-refractivity contribution in [2.24, 2.45) is 0 Å². The molecule has 0 bridgehead atoms. The molecule has 0 spiro atoms. The average Bonchev–Trinajstić information content (AvgIpc) is 2.47. The molecule has 124 valence electrons. The molecule has 0 atom stereocenters. The van der Waals surface area contributed by atoms with Crippen molar-refractivity contribution in [2.75, 3.05) is 45.5 Å². The predicted molar refractivity (Wildman–Crippen MR) is 88.4 cm³/mol. The fourth-order valence-electron chi connectivity index (χ4n) is 2.34. The molecule has 1 fully saturated rings. The molecule has 22 heavy (non-hydrogen) atoms. The normalized spacial score (nSPS) is 15.9. The molecule has 0 radical (unpaired) electrons. The summed E-state index contributed by atoms with van der Waals surface area (Å²) in [6.07, 6.45) is 1.11. The molecule has 2 N–H and O–H groups in total. The van der Waals surface area contributed by atoms with Crippen molar-refractivity contribution in [1.82, 2.24) is 15.5 Å². The molecular formula is C14H22ClN3O3S. The highest BCUT2D eigenvalue weighted by Crippen LogP contribution is 2.14. The first-order valence-corrected chi connectivity index (χ1v) is 8.88. The second kappa shape index (κ2) is 8.47. The number of nitrogens with zero attached hydrogens (tertiary/aromatic N) is 1. The van der Waals surface area contributed by atoms with Crippen LogP contribution >= 0.6 is 12.4 Å². The standard InChI is InChI=1S/C14H21N3O3S.ClH/c1-21(19,20)13-5-3-2-4-12(13)14(18)16-8-11-17-9-6-15-7-10-17;/h2-5,15H,6-11H2,1H3,(H,16,18);1H. The molecule has 1 aromatic rings. The third-order valence-electron chi connectivity index (χ3n) is 3.45. The number of hydrogen-bond donors (Lipinski definition) is 2. The quantitative estimate of drug-likeness (QED) is 0.792. The van der Waals surface area contributed by atoms with Gasteiger partial charge in [0.2, 0.25) is 0 Å². The molecule has 6 nitrogen and oxygen atoms in total. The van der Waals surface area contributed by atoms with Gasteiger partial charge < -0.3 is 10.6 Å². The summed E-state index contributed by atoms with van der Waals surface area (Å²) in [6, 6.07) is 6.28. The highest BCUT2D eigenvalue weighted by atomic mass is 35.5. The van der Waals surface area contributed by atoms with E-state index in [9.17, 15) is 13.2 Å². The van der Waals surface area contributed by atoms with Crippen molar-refractivity contribution in [3.63, 3.8) is 0 Å². The Morgan fingerprint density at radius 1 is 1.27 bits per heavy atom. The van der Waals surface area contributed by atoms with Crippen LogP contribution in [-0.2, 0) is 9.84 Å². The van der Waals surface area contributed by atoms with Crippen LogP contribution in [-0.4, -0.2) is 64.7 Å². The summed E-state index contributed by atoms with van der Waals surface area (Å²) in [5.74, 6) is -0.342. The molecule has 0 unspecified atom stereocenters. The monoisotopic (exact) mass is 347 g/mol. The van der Waals surface area contributed by atoms with Gasteiger partial charge in [0.05, 0.1) is 10.5 Å². The maximum atomic E-state index is 12.1. The first kappa shape index (κ1) is 18.9. The third kappa shape index (κ3) is 5.24. The van der Waals surface area contributed by atoms with Crippen LogP contribution in [0.15, 0.2) is 29.2 Å². The van der Waals surface area contributed by atoms with Crippen molar-refractivity contribution < 1.29 is 13.2 Å². The Morgan fingerprint density at radius 3 is 2.55 bits per heavy atom. The Labute approximate surface area is 137 Å². The largest absolute Gasteiger partial charge is 0.351 e. The first-order valence-electron chi connectivity index (χ1n) is 6.99. The third-order valence-corrected chi connectivity index (χ3v) is 4.61. The number of amides is 1. The van der Waals surface area contributed by atoms with Crippen LogP contribution < -0.4 is 10.6 Å². The molecular weight excluding hydrogens is 326 g/mol. The van der Waals surface area contributed by atoms with E-state index in [0.29, 0.717) is 6.54 Å². The van der Waals surface area contributed by atoms with E-state index in [0.717, 1.165) is 39.0 Å². The van der Waals surface area contributed by atoms with Crippen molar-refractivity contribution in [2.45, 2.75) is 4.90 Å². The molecule has 1 heterocycles. The van der Waals surface area contributed by atoms with Crippen LogP contribution in [0.3, 0.4) is 0 Å². The van der Waals surface area contributed by atoms with E-state index >= 15 is 0 Å². The minimum absolute atomic E-state index is 0. The Kier molecular flexibility index (Phi) is 7.28. The Balaban J connectivity index is 0.00000242. The molecule has 0 aliphatic carbocycles. The SMILES string of the molecule is CS(=O)(=O)c1ccccc1C(=O)NCCN1CCNCC1.Cl. The predicted octanol–water partition coefficient (Wildman–Crippen LogP) is 0.147. The fraction of sp³-hybridized carbons (Fsp3) is 0.500. The molecule has 1 aromatic carbocycles. The molecule has 1 amide bonds. The van der Waals surface area contributed by atoms with E-state index in [1.54, 1.807) is 12.1 Å². The molecule has 0 aromatic heterocycles. The van der Waals surface area contributed by atoms with Gasteiger partial charge in [-0.2, -0.15) is 0 Å². The zero-order valence-electron chi connectivity index (χ0n) is 12.5. The van der Waals surface area contributed by atoms with E-state index in [1.165, 1.54) is 12.1 Å². The van der Waals surface area contributed by atoms with E-state index in [-0.39, 0.29) is 28.8 Å². The molecule has 8 heteroatoms. The number of carbonyl (C=O) groups is 1. The van der Waals surface area contributed by atoms with Crippen LogP contribution in [0.5, 0.6) is 0 Å². The van der Waals surface area contributed by atoms with Crippen LogP contribution in [0.2, 0.25) is 0 Å². The molecule has 1 aliphatic rings. The van der Waals surface area contributed by atoms with Crippen LogP contribution in [0.4, 0.5) is 0 Å². The maximum absolute atomic E-state index is 12.1. The second-order valence-electron chi connectivity index (χ2n) is 5.12. The highest BCUT2D eigenvalue weighted by molar-refractivity contribution is 7.90. The van der Waals surface area contributed by atoms with Crippen LogP contribution in [0, 0.1) is 0 Å². The maximum Gasteiger partial charge on any atom is 0.252 e. The van der Waals surface area contributed by atoms with E-state index < -0.39 is 9.84 Å². The second-order valence-corrected chi connectivity index (χ2v) is 7.10. The summed E-state index contributed by atoms with van der Waals surface area (Å²) in [4.78, 5) is 14.5. The van der Waals surface area contributed by atoms with Crippen LogP contribution in [0.1, 0.15) is 10.4 Å². The smallest absolute Gasteiger partial charge is 0.252 e. The summed E-state index contributed by atoms with van der Waals surface area (Å²) in [5, 5.41) is 6.06. The van der Waals surface area contributed by atoms with Crippen molar-refractivity contribution >= 4 is 28.2 Å². The van der Waals surface area contributed by atoms with Crippen LogP contribution in [0.25, 0.3) is 0 Å². The molecule has 2 rings (SSSR count). The van der Waals surface area contributed by atoms with Gasteiger partial charge in [0, 0.05) is 45.5 Å². The zero-order valence-corrected chi connectivity index (χ0v) is 14.2. The summed E-state index contributed by atoms with van der Waals surface area (Å²) in [6.45, 7) is 5.15. The summed E-state index contributed by atoms with van der Waals surface area (Å²) >= 11 is 0. The number of halogens is 1.